The van der Waals surface area contributed by atoms with Gasteiger partial charge in [0, 0.05) is 38.1 Å². The zero-order valence-electron chi connectivity index (χ0n) is 15.0. The van der Waals surface area contributed by atoms with Gasteiger partial charge in [0.05, 0.1) is 25.9 Å². The van der Waals surface area contributed by atoms with Gasteiger partial charge in [-0.05, 0) is 12.8 Å². The molecule has 1 aromatic carbocycles. The van der Waals surface area contributed by atoms with Crippen LogP contribution in [0.1, 0.15) is 42.5 Å². The molecule has 26 heavy (non-hydrogen) atoms. The Morgan fingerprint density at radius 2 is 1.85 bits per heavy atom. The lowest BCUT2D eigenvalue weighted by Crippen LogP contribution is -2.52. The Labute approximate surface area is 153 Å². The van der Waals surface area contributed by atoms with E-state index in [4.69, 9.17) is 14.2 Å². The van der Waals surface area contributed by atoms with Crippen molar-refractivity contribution in [2.75, 3.05) is 27.3 Å². The van der Waals surface area contributed by atoms with E-state index in [2.05, 4.69) is 0 Å². The minimum atomic E-state index is -3.19. The van der Waals surface area contributed by atoms with Gasteiger partial charge in [-0.15, -0.1) is 0 Å². The van der Waals surface area contributed by atoms with Crippen LogP contribution in [0.15, 0.2) is 12.1 Å². The molecule has 7 nitrogen and oxygen atoms in total. The summed E-state index contributed by atoms with van der Waals surface area (Å²) in [6, 6.07) is 3.37. The molecule has 3 aliphatic rings. The highest BCUT2D eigenvalue weighted by Crippen LogP contribution is 2.45. The van der Waals surface area contributed by atoms with Crippen molar-refractivity contribution in [3.05, 3.63) is 17.7 Å². The molecule has 1 spiro atoms. The highest BCUT2D eigenvalue weighted by Gasteiger charge is 2.48. The summed E-state index contributed by atoms with van der Waals surface area (Å²) in [6.45, 7) is 0.783. The van der Waals surface area contributed by atoms with Crippen LogP contribution in [0.4, 0.5) is 0 Å². The number of hydrogen-bond donors (Lipinski definition) is 0. The van der Waals surface area contributed by atoms with E-state index in [1.54, 1.807) is 23.5 Å². The largest absolute Gasteiger partial charge is 0.496 e. The molecule has 0 bridgehead atoms. The molecule has 0 aromatic heterocycles. The van der Waals surface area contributed by atoms with Crippen LogP contribution in [-0.2, 0) is 10.0 Å². The van der Waals surface area contributed by atoms with Gasteiger partial charge in [0.1, 0.15) is 28.4 Å². The van der Waals surface area contributed by atoms with Crippen molar-refractivity contribution < 1.29 is 27.4 Å². The third-order valence-corrected chi connectivity index (χ3v) is 7.92. The van der Waals surface area contributed by atoms with Crippen molar-refractivity contribution in [1.82, 2.24) is 4.31 Å². The summed E-state index contributed by atoms with van der Waals surface area (Å²) in [7, 11) is -0.134. The number of benzene rings is 1. The van der Waals surface area contributed by atoms with Gasteiger partial charge in [0.25, 0.3) is 0 Å². The maximum absolute atomic E-state index is 12.8. The second-order valence-corrected chi connectivity index (χ2v) is 9.44. The predicted octanol–water partition coefficient (Wildman–Crippen LogP) is 2.00. The number of sulfonamides is 1. The molecule has 2 fully saturated rings. The monoisotopic (exact) mass is 381 g/mol. The fourth-order valence-corrected chi connectivity index (χ4v) is 5.70. The van der Waals surface area contributed by atoms with Crippen LogP contribution in [-0.4, -0.2) is 56.7 Å². The van der Waals surface area contributed by atoms with E-state index in [-0.39, 0.29) is 17.5 Å². The van der Waals surface area contributed by atoms with E-state index in [0.717, 1.165) is 12.8 Å². The van der Waals surface area contributed by atoms with E-state index in [0.29, 0.717) is 48.7 Å². The van der Waals surface area contributed by atoms with Crippen molar-refractivity contribution in [2.45, 2.75) is 43.0 Å². The van der Waals surface area contributed by atoms with E-state index < -0.39 is 15.6 Å². The Morgan fingerprint density at radius 1 is 1.15 bits per heavy atom. The van der Waals surface area contributed by atoms with Gasteiger partial charge in [-0.25, -0.2) is 12.7 Å². The van der Waals surface area contributed by atoms with Gasteiger partial charge in [0.15, 0.2) is 5.78 Å². The van der Waals surface area contributed by atoms with Gasteiger partial charge in [-0.3, -0.25) is 4.79 Å². The highest BCUT2D eigenvalue weighted by molar-refractivity contribution is 7.90. The van der Waals surface area contributed by atoms with E-state index in [9.17, 15) is 13.2 Å². The highest BCUT2D eigenvalue weighted by atomic mass is 32.2. The van der Waals surface area contributed by atoms with Crippen LogP contribution >= 0.6 is 0 Å². The van der Waals surface area contributed by atoms with Crippen molar-refractivity contribution in [1.29, 1.82) is 0 Å². The standard InChI is InChI=1S/C18H23NO6S/c1-23-12-9-15(24-2)17-14(20)11-18(25-16(17)10-12)5-7-19(8-6-18)26(21,22)13-3-4-13/h9-10,13H,3-8,11H2,1-2H3. The lowest BCUT2D eigenvalue weighted by Gasteiger charge is -2.43. The van der Waals surface area contributed by atoms with E-state index >= 15 is 0 Å². The van der Waals surface area contributed by atoms with Crippen LogP contribution in [0.25, 0.3) is 0 Å². The second-order valence-electron chi connectivity index (χ2n) is 7.23. The molecule has 4 rings (SSSR count). The summed E-state index contributed by atoms with van der Waals surface area (Å²) in [5.41, 5.74) is -0.219. The Morgan fingerprint density at radius 3 is 2.42 bits per heavy atom. The van der Waals surface area contributed by atoms with Gasteiger partial charge >= 0.3 is 0 Å². The van der Waals surface area contributed by atoms with E-state index in [1.165, 1.54) is 7.11 Å². The minimum Gasteiger partial charge on any atom is -0.496 e. The summed E-state index contributed by atoms with van der Waals surface area (Å²) in [5, 5.41) is -0.209. The van der Waals surface area contributed by atoms with E-state index in [1.807, 2.05) is 0 Å². The second kappa shape index (κ2) is 6.13. The maximum Gasteiger partial charge on any atom is 0.216 e. The lowest BCUT2D eigenvalue weighted by molar-refractivity contribution is 0.00536. The number of ketones is 1. The van der Waals surface area contributed by atoms with Gasteiger partial charge in [-0.1, -0.05) is 0 Å². The first-order valence-electron chi connectivity index (χ1n) is 8.86. The minimum absolute atomic E-state index is 0.0377. The normalized spacial score (nSPS) is 22.6. The molecule has 1 saturated carbocycles. The molecule has 1 saturated heterocycles. The van der Waals surface area contributed by atoms with Crippen LogP contribution in [0.3, 0.4) is 0 Å². The number of fused-ring (bicyclic) bond motifs is 1. The average Bonchev–Trinajstić information content (AvgIpc) is 3.46. The van der Waals surface area contributed by atoms with Crippen LogP contribution in [0.2, 0.25) is 0 Å². The average molecular weight is 381 g/mol. The maximum atomic E-state index is 12.8. The van der Waals surface area contributed by atoms with Crippen LogP contribution < -0.4 is 14.2 Å². The molecule has 1 aromatic rings. The summed E-state index contributed by atoms with van der Waals surface area (Å²) < 4.78 is 43.3. The first kappa shape index (κ1) is 17.6. The van der Waals surface area contributed by atoms with Gasteiger partial charge in [0.2, 0.25) is 10.0 Å². The summed E-state index contributed by atoms with van der Waals surface area (Å²) in [4.78, 5) is 12.8. The molecular formula is C18H23NO6S. The first-order valence-corrected chi connectivity index (χ1v) is 10.4. The fourth-order valence-electron chi connectivity index (χ4n) is 3.85. The molecule has 8 heteroatoms. The zero-order valence-corrected chi connectivity index (χ0v) is 15.8. The SMILES string of the molecule is COc1cc(OC)c2c(c1)OC1(CCN(S(=O)(=O)C3CC3)CC1)CC2=O. The number of ether oxygens (including phenoxy) is 3. The van der Waals surface area contributed by atoms with Crippen LogP contribution in [0, 0.1) is 0 Å². The van der Waals surface area contributed by atoms with Crippen molar-refractivity contribution >= 4 is 15.8 Å². The zero-order chi connectivity index (χ0) is 18.5. The summed E-state index contributed by atoms with van der Waals surface area (Å²) in [6.07, 6.45) is 2.76. The van der Waals surface area contributed by atoms with Crippen LogP contribution in [0.5, 0.6) is 17.2 Å². The molecular weight excluding hydrogens is 358 g/mol. The number of Topliss-reactive ketones (excluding diaryl/α,β-unsaturated/α-hetero) is 1. The molecule has 1 aliphatic carbocycles. The number of nitrogens with zero attached hydrogens (tertiary/aromatic N) is 1. The Balaban J connectivity index is 1.58. The first-order chi connectivity index (χ1) is 12.4. The van der Waals surface area contributed by atoms with Crippen molar-refractivity contribution in [2.24, 2.45) is 0 Å². The molecule has 2 heterocycles. The summed E-state index contributed by atoms with van der Waals surface area (Å²) >= 11 is 0. The third kappa shape index (κ3) is 2.85. The Kier molecular flexibility index (Phi) is 4.15. The van der Waals surface area contributed by atoms with Gasteiger partial charge < -0.3 is 14.2 Å². The third-order valence-electron chi connectivity index (χ3n) is 5.52. The molecule has 0 N–H and O–H groups in total. The molecule has 0 amide bonds. The number of piperidine rings is 1. The number of methoxy groups -OCH3 is 2. The Hall–Kier alpha value is -1.80. The van der Waals surface area contributed by atoms with Crippen molar-refractivity contribution in [3.8, 4) is 17.2 Å². The number of carbonyl (C=O) groups excluding carboxylic acids is 1. The molecule has 0 atom stereocenters. The number of rotatable bonds is 4. The number of carbonyl (C=O) groups is 1. The smallest absolute Gasteiger partial charge is 0.216 e. The molecule has 0 radical (unpaired) electrons. The Bertz CT molecular complexity index is 837. The lowest BCUT2D eigenvalue weighted by atomic mass is 9.82. The fraction of sp³-hybridized carbons (Fsp3) is 0.611. The van der Waals surface area contributed by atoms with Crippen molar-refractivity contribution in [3.63, 3.8) is 0 Å². The molecule has 0 unspecified atom stereocenters. The quantitative estimate of drug-likeness (QED) is 0.793. The summed E-state index contributed by atoms with van der Waals surface area (Å²) in [5.74, 6) is 1.41. The number of hydrogen-bond acceptors (Lipinski definition) is 6. The predicted molar refractivity (Wildman–Crippen MR) is 94.6 cm³/mol. The molecule has 2 aliphatic heterocycles. The van der Waals surface area contributed by atoms with Gasteiger partial charge in [-0.2, -0.15) is 0 Å². The molecule has 142 valence electrons. The topological polar surface area (TPSA) is 82.1 Å².